The van der Waals surface area contributed by atoms with Gasteiger partial charge in [0.25, 0.3) is 5.91 Å². The molecule has 0 aliphatic carbocycles. The largest absolute Gasteiger partial charge is 0.493 e. The zero-order valence-corrected chi connectivity index (χ0v) is 24.9. The zero-order chi connectivity index (χ0) is 31.2. The van der Waals surface area contributed by atoms with Crippen LogP contribution in [0.4, 0.5) is 11.4 Å². The Morgan fingerprint density at radius 1 is 0.864 bits per heavy atom. The number of nitro groups is 1. The van der Waals surface area contributed by atoms with E-state index in [9.17, 15) is 14.9 Å². The monoisotopic (exact) mass is 607 g/mol. The van der Waals surface area contributed by atoms with Gasteiger partial charge in [0, 0.05) is 37.4 Å². The lowest BCUT2D eigenvalue weighted by atomic mass is 10.1. The van der Waals surface area contributed by atoms with Crippen LogP contribution in [0, 0.1) is 10.1 Å². The summed E-state index contributed by atoms with van der Waals surface area (Å²) in [5.41, 5.74) is 0.743. The van der Waals surface area contributed by atoms with E-state index in [-0.39, 0.29) is 42.3 Å². The molecule has 13 heteroatoms. The topological polar surface area (TPSA) is 140 Å². The molecule has 3 aromatic carbocycles. The molecule has 1 saturated heterocycles. The summed E-state index contributed by atoms with van der Waals surface area (Å²) in [6.07, 6.45) is 4.14. The van der Waals surface area contributed by atoms with Gasteiger partial charge in [0.1, 0.15) is 11.5 Å². The average Bonchev–Trinajstić information content (AvgIpc) is 3.47. The molecular weight excluding hydrogens is 574 g/mol. The van der Waals surface area contributed by atoms with E-state index in [1.165, 1.54) is 40.6 Å². The quantitative estimate of drug-likeness (QED) is 0.137. The number of hydrogen-bond donors (Lipinski definition) is 0. The first-order valence-corrected chi connectivity index (χ1v) is 14.0. The summed E-state index contributed by atoms with van der Waals surface area (Å²) in [6.45, 7) is 1.21. The van der Waals surface area contributed by atoms with E-state index in [4.69, 9.17) is 33.2 Å². The Labute approximate surface area is 254 Å². The van der Waals surface area contributed by atoms with Crippen molar-refractivity contribution in [2.75, 3.05) is 48.2 Å². The van der Waals surface area contributed by atoms with Crippen LogP contribution in [-0.2, 0) is 0 Å². The summed E-state index contributed by atoms with van der Waals surface area (Å²) in [6, 6.07) is 10.8. The lowest BCUT2D eigenvalue weighted by molar-refractivity contribution is -0.385. The van der Waals surface area contributed by atoms with Crippen LogP contribution in [0.2, 0.25) is 0 Å². The summed E-state index contributed by atoms with van der Waals surface area (Å²) in [5.74, 6) is 2.46. The number of rotatable bonds is 13. The minimum absolute atomic E-state index is 0.00772. The summed E-state index contributed by atoms with van der Waals surface area (Å²) in [5, 5.41) is 11.8. The Balaban J connectivity index is 1.21. The molecule has 5 rings (SSSR count). The number of amides is 1. The number of nitro benzene ring substituents is 1. The van der Waals surface area contributed by atoms with Crippen LogP contribution in [-0.4, -0.2) is 76.2 Å². The second-order valence-electron chi connectivity index (χ2n) is 9.91. The second-order valence-corrected chi connectivity index (χ2v) is 9.91. The van der Waals surface area contributed by atoms with Gasteiger partial charge in [-0.05, 0) is 31.0 Å². The first kappa shape index (κ1) is 30.3. The summed E-state index contributed by atoms with van der Waals surface area (Å²) >= 11 is 0. The number of hydrogen-bond acceptors (Lipinski definition) is 11. The van der Waals surface area contributed by atoms with Crippen LogP contribution >= 0.6 is 0 Å². The Bertz CT molecular complexity index is 1550. The van der Waals surface area contributed by atoms with Gasteiger partial charge in [0.05, 0.1) is 69.9 Å². The number of benzene rings is 3. The summed E-state index contributed by atoms with van der Waals surface area (Å²) in [7, 11) is 5.92. The Morgan fingerprint density at radius 3 is 2.27 bits per heavy atom. The molecule has 232 valence electrons. The minimum atomic E-state index is -0.550. The van der Waals surface area contributed by atoms with E-state index >= 15 is 0 Å². The molecule has 2 heterocycles. The number of aliphatic imine (C=N–C) groups is 1. The van der Waals surface area contributed by atoms with Crippen molar-refractivity contribution in [3.63, 3.8) is 0 Å². The molecule has 0 bridgehead atoms. The van der Waals surface area contributed by atoms with Crippen molar-refractivity contribution in [2.45, 2.75) is 25.3 Å². The van der Waals surface area contributed by atoms with Gasteiger partial charge >= 0.3 is 5.69 Å². The van der Waals surface area contributed by atoms with Crippen molar-refractivity contribution in [1.29, 1.82) is 0 Å². The van der Waals surface area contributed by atoms with E-state index in [2.05, 4.69) is 4.99 Å². The molecular formula is C31H33N3O10. The van der Waals surface area contributed by atoms with Crippen LogP contribution in [0.5, 0.6) is 46.0 Å². The number of methoxy groups -OCH3 is 4. The predicted molar refractivity (Wildman–Crippen MR) is 160 cm³/mol. The fourth-order valence-corrected chi connectivity index (χ4v) is 5.11. The second kappa shape index (κ2) is 13.4. The summed E-state index contributed by atoms with van der Waals surface area (Å²) in [4.78, 5) is 30.7. The standard InChI is InChI=1S/C31H33N3O10/c1-38-26-16-22-23(32-18-19-7-5-10-33(19)31(22)35)17-27(26)43-12-6-11-42-20-8-9-25(24(13-20)34(36)37)44-21-14-28(39-2)30(41-4)29(15-21)40-3/h8-9,13-19H,5-7,10-12H2,1-4H3/t19-/m0/s1. The molecule has 1 amide bonds. The number of carbonyl (C=O) groups is 1. The molecule has 13 nitrogen and oxygen atoms in total. The number of carbonyl (C=O) groups excluding carboxylic acids is 1. The van der Waals surface area contributed by atoms with Gasteiger partial charge in [0.2, 0.25) is 11.5 Å². The van der Waals surface area contributed by atoms with Gasteiger partial charge in [-0.25, -0.2) is 0 Å². The van der Waals surface area contributed by atoms with Crippen LogP contribution in [0.15, 0.2) is 47.5 Å². The van der Waals surface area contributed by atoms with Gasteiger partial charge in [-0.1, -0.05) is 0 Å². The van der Waals surface area contributed by atoms with Crippen LogP contribution in [0.1, 0.15) is 29.6 Å². The fraction of sp³-hybridized carbons (Fsp3) is 0.355. The predicted octanol–water partition coefficient (Wildman–Crippen LogP) is 5.59. The van der Waals surface area contributed by atoms with E-state index in [0.29, 0.717) is 58.7 Å². The van der Waals surface area contributed by atoms with Crippen LogP contribution < -0.4 is 33.2 Å². The molecule has 1 atom stereocenters. The number of ether oxygens (including phenoxy) is 7. The molecule has 2 aliphatic rings. The minimum Gasteiger partial charge on any atom is -0.493 e. The van der Waals surface area contributed by atoms with Crippen LogP contribution in [0.3, 0.4) is 0 Å². The first-order chi connectivity index (χ1) is 21.4. The highest BCUT2D eigenvalue weighted by atomic mass is 16.6. The van der Waals surface area contributed by atoms with E-state index in [0.717, 1.165) is 12.8 Å². The molecule has 0 N–H and O–H groups in total. The average molecular weight is 608 g/mol. The number of nitrogens with zero attached hydrogens (tertiary/aromatic N) is 3. The normalized spacial score (nSPS) is 15.1. The van der Waals surface area contributed by atoms with E-state index < -0.39 is 4.92 Å². The van der Waals surface area contributed by atoms with Gasteiger partial charge in [-0.2, -0.15) is 0 Å². The Hall–Kier alpha value is -5.20. The molecule has 0 radical (unpaired) electrons. The lowest BCUT2D eigenvalue weighted by Crippen LogP contribution is -2.35. The third-order valence-corrected chi connectivity index (χ3v) is 7.27. The van der Waals surface area contributed by atoms with Crippen molar-refractivity contribution >= 4 is 23.5 Å². The van der Waals surface area contributed by atoms with Crippen molar-refractivity contribution in [1.82, 2.24) is 4.90 Å². The maximum absolute atomic E-state index is 13.1. The SMILES string of the molecule is COc1cc2c(cc1OCCCOc1ccc(Oc3cc(OC)c(OC)c(OC)c3)c([N+](=O)[O-])c1)N=C[C@@H]1CCCN1C2=O. The first-order valence-electron chi connectivity index (χ1n) is 14.0. The maximum atomic E-state index is 13.1. The molecule has 0 saturated carbocycles. The molecule has 0 unspecified atom stereocenters. The van der Waals surface area contributed by atoms with Crippen LogP contribution in [0.25, 0.3) is 0 Å². The molecule has 3 aromatic rings. The number of fused-ring (bicyclic) bond motifs is 2. The Morgan fingerprint density at radius 2 is 1.59 bits per heavy atom. The van der Waals surface area contributed by atoms with Crippen molar-refractivity contribution < 1.29 is 42.9 Å². The van der Waals surface area contributed by atoms with E-state index in [1.54, 1.807) is 30.3 Å². The van der Waals surface area contributed by atoms with Crippen molar-refractivity contribution in [3.05, 3.63) is 58.1 Å². The molecule has 0 aromatic heterocycles. The molecule has 44 heavy (non-hydrogen) atoms. The van der Waals surface area contributed by atoms with E-state index in [1.807, 2.05) is 11.1 Å². The highest BCUT2D eigenvalue weighted by molar-refractivity contribution is 6.03. The smallest absolute Gasteiger partial charge is 0.315 e. The highest BCUT2D eigenvalue weighted by Crippen LogP contribution is 2.43. The van der Waals surface area contributed by atoms with Crippen molar-refractivity contribution in [2.24, 2.45) is 4.99 Å². The Kier molecular flexibility index (Phi) is 9.22. The third-order valence-electron chi connectivity index (χ3n) is 7.27. The van der Waals surface area contributed by atoms with Gasteiger partial charge in [0.15, 0.2) is 23.0 Å². The molecule has 1 fully saturated rings. The van der Waals surface area contributed by atoms with Crippen molar-refractivity contribution in [3.8, 4) is 46.0 Å². The highest BCUT2D eigenvalue weighted by Gasteiger charge is 2.32. The maximum Gasteiger partial charge on any atom is 0.315 e. The third kappa shape index (κ3) is 6.26. The molecule has 2 aliphatic heterocycles. The molecule has 0 spiro atoms. The fourth-order valence-electron chi connectivity index (χ4n) is 5.11. The summed E-state index contributed by atoms with van der Waals surface area (Å²) < 4.78 is 39.0. The van der Waals surface area contributed by atoms with Gasteiger partial charge in [-0.15, -0.1) is 0 Å². The van der Waals surface area contributed by atoms with Gasteiger partial charge in [-0.3, -0.25) is 19.9 Å². The zero-order valence-electron chi connectivity index (χ0n) is 24.9. The lowest BCUT2D eigenvalue weighted by Gasteiger charge is -2.20. The van der Waals surface area contributed by atoms with Gasteiger partial charge < -0.3 is 38.1 Å².